The Hall–Kier alpha value is -1.49. The van der Waals surface area contributed by atoms with Crippen molar-refractivity contribution in [2.24, 2.45) is 0 Å². The summed E-state index contributed by atoms with van der Waals surface area (Å²) in [6.07, 6.45) is -4.85. The topological polar surface area (TPSA) is 71.9 Å². The Balaban J connectivity index is 3.13. The maximum absolute atomic E-state index is 11.8. The van der Waals surface area contributed by atoms with Crippen molar-refractivity contribution in [1.29, 1.82) is 5.26 Å². The number of aromatic nitrogens is 1. The number of halogens is 4. The highest BCUT2D eigenvalue weighted by molar-refractivity contribution is 9.10. The number of rotatable bonds is 1. The van der Waals surface area contributed by atoms with Gasteiger partial charge in [0.25, 0.3) is 0 Å². The molecular weight excluding hydrogens is 279 g/mol. The molecule has 0 amide bonds. The predicted octanol–water partition coefficient (Wildman–Crippen LogP) is 2.20. The molecule has 0 bridgehead atoms. The van der Waals surface area contributed by atoms with Crippen molar-refractivity contribution in [3.63, 3.8) is 0 Å². The summed E-state index contributed by atoms with van der Waals surface area (Å²) in [6, 6.07) is 2.43. The molecule has 1 rings (SSSR count). The van der Waals surface area contributed by atoms with Crippen LogP contribution in [0.3, 0.4) is 0 Å². The molecule has 1 aromatic heterocycles. The number of nitrogen functional groups attached to an aromatic ring is 1. The molecule has 8 heteroatoms. The van der Waals surface area contributed by atoms with E-state index in [9.17, 15) is 13.2 Å². The van der Waals surface area contributed by atoms with E-state index >= 15 is 0 Å². The van der Waals surface area contributed by atoms with Crippen LogP contribution in [0.5, 0.6) is 5.88 Å². The zero-order valence-electron chi connectivity index (χ0n) is 6.97. The number of nitriles is 1. The van der Waals surface area contributed by atoms with Crippen LogP contribution < -0.4 is 10.5 Å². The number of hydrogen-bond donors (Lipinski definition) is 1. The van der Waals surface area contributed by atoms with Crippen molar-refractivity contribution in [3.8, 4) is 11.9 Å². The number of hydrogen-bond acceptors (Lipinski definition) is 4. The van der Waals surface area contributed by atoms with Gasteiger partial charge in [-0.3, -0.25) is 0 Å². The first-order chi connectivity index (χ1) is 6.83. The molecule has 0 aliphatic rings. The fourth-order valence-electron chi connectivity index (χ4n) is 0.765. The van der Waals surface area contributed by atoms with Gasteiger partial charge in [0, 0.05) is 6.07 Å². The lowest BCUT2D eigenvalue weighted by atomic mass is 10.2. The molecule has 0 spiro atoms. The van der Waals surface area contributed by atoms with E-state index in [1.54, 1.807) is 6.07 Å². The predicted molar refractivity (Wildman–Crippen MR) is 47.7 cm³/mol. The average Bonchev–Trinajstić information content (AvgIpc) is 2.08. The molecule has 0 aliphatic heterocycles. The monoisotopic (exact) mass is 281 g/mol. The Kier molecular flexibility index (Phi) is 3.04. The Morgan fingerprint density at radius 1 is 1.53 bits per heavy atom. The number of pyridine rings is 1. The number of alkyl halides is 3. The highest BCUT2D eigenvalue weighted by Gasteiger charge is 2.32. The minimum atomic E-state index is -4.85. The zero-order valence-corrected chi connectivity index (χ0v) is 8.56. The van der Waals surface area contributed by atoms with Gasteiger partial charge in [-0.1, -0.05) is 0 Å². The fourth-order valence-corrected chi connectivity index (χ4v) is 1.15. The summed E-state index contributed by atoms with van der Waals surface area (Å²) in [5, 5.41) is 8.55. The summed E-state index contributed by atoms with van der Waals surface area (Å²) < 4.78 is 38.9. The normalized spacial score (nSPS) is 10.9. The van der Waals surface area contributed by atoms with Crippen molar-refractivity contribution >= 4 is 21.6 Å². The number of nitrogens with two attached hydrogens (primary N) is 1. The second-order valence-corrected chi connectivity index (χ2v) is 3.12. The minimum absolute atomic E-state index is 0.0352. The van der Waals surface area contributed by atoms with E-state index in [1.165, 1.54) is 0 Å². The van der Waals surface area contributed by atoms with Crippen LogP contribution in [0, 0.1) is 11.3 Å². The summed E-state index contributed by atoms with van der Waals surface area (Å²) in [6.45, 7) is 0. The molecule has 0 saturated heterocycles. The Labute approximate surface area is 90.6 Å². The molecule has 0 saturated carbocycles. The highest BCUT2D eigenvalue weighted by Crippen LogP contribution is 2.28. The molecule has 80 valence electrons. The summed E-state index contributed by atoms with van der Waals surface area (Å²) in [4.78, 5) is 3.37. The van der Waals surface area contributed by atoms with E-state index in [4.69, 9.17) is 11.0 Å². The molecule has 0 radical (unpaired) electrons. The lowest BCUT2D eigenvalue weighted by Crippen LogP contribution is -2.18. The van der Waals surface area contributed by atoms with Crippen LogP contribution in [-0.2, 0) is 0 Å². The molecule has 0 atom stereocenters. The molecule has 0 fully saturated rings. The largest absolute Gasteiger partial charge is 0.574 e. The molecule has 0 aromatic carbocycles. The van der Waals surface area contributed by atoms with E-state index in [0.717, 1.165) is 6.07 Å². The van der Waals surface area contributed by atoms with Gasteiger partial charge in [0.05, 0.1) is 11.3 Å². The van der Waals surface area contributed by atoms with E-state index in [2.05, 4.69) is 25.7 Å². The molecule has 1 heterocycles. The first-order valence-corrected chi connectivity index (χ1v) is 4.24. The second kappa shape index (κ2) is 3.94. The van der Waals surface area contributed by atoms with Gasteiger partial charge >= 0.3 is 6.36 Å². The van der Waals surface area contributed by atoms with Crippen molar-refractivity contribution in [1.82, 2.24) is 4.98 Å². The Morgan fingerprint density at radius 3 is 2.60 bits per heavy atom. The number of ether oxygens (including phenoxy) is 1. The summed E-state index contributed by atoms with van der Waals surface area (Å²) in [5.41, 5.74) is 5.18. The van der Waals surface area contributed by atoms with E-state index in [0.29, 0.717) is 0 Å². The van der Waals surface area contributed by atoms with E-state index < -0.39 is 12.2 Å². The minimum Gasteiger partial charge on any atom is -0.395 e. The van der Waals surface area contributed by atoms with Crippen LogP contribution in [0.4, 0.5) is 18.9 Å². The van der Waals surface area contributed by atoms with Gasteiger partial charge in [-0.25, -0.2) is 4.98 Å². The molecule has 4 nitrogen and oxygen atoms in total. The van der Waals surface area contributed by atoms with E-state index in [1.807, 2.05) is 0 Å². The number of anilines is 1. The SMILES string of the molecule is N#Cc1cc(OC(F)(F)F)nc(Br)c1N. The highest BCUT2D eigenvalue weighted by atomic mass is 79.9. The van der Waals surface area contributed by atoms with Gasteiger partial charge in [0.2, 0.25) is 5.88 Å². The first kappa shape index (κ1) is 11.6. The first-order valence-electron chi connectivity index (χ1n) is 3.45. The molecule has 0 unspecified atom stereocenters. The van der Waals surface area contributed by atoms with Crippen LogP contribution in [0.1, 0.15) is 5.56 Å². The quantitative estimate of drug-likeness (QED) is 0.801. The third kappa shape index (κ3) is 2.99. The Morgan fingerprint density at radius 2 is 2.13 bits per heavy atom. The molecular formula is C7H3BrF3N3O. The lowest BCUT2D eigenvalue weighted by Gasteiger charge is -2.09. The fraction of sp³-hybridized carbons (Fsp3) is 0.143. The van der Waals surface area contributed by atoms with Gasteiger partial charge in [0.1, 0.15) is 10.7 Å². The molecule has 2 N–H and O–H groups in total. The maximum atomic E-state index is 11.8. The third-order valence-corrected chi connectivity index (χ3v) is 1.93. The van der Waals surface area contributed by atoms with Crippen LogP contribution in [0.15, 0.2) is 10.7 Å². The van der Waals surface area contributed by atoms with Crippen molar-refractivity contribution < 1.29 is 17.9 Å². The maximum Gasteiger partial charge on any atom is 0.574 e. The van der Waals surface area contributed by atoms with Crippen LogP contribution in [0.2, 0.25) is 0 Å². The van der Waals surface area contributed by atoms with Gasteiger partial charge in [-0.2, -0.15) is 5.26 Å². The van der Waals surface area contributed by atoms with E-state index in [-0.39, 0.29) is 15.9 Å². The summed E-state index contributed by atoms with van der Waals surface area (Å²) in [7, 11) is 0. The standard InChI is InChI=1S/C7H3BrF3N3O/c8-6-5(13)3(2-12)1-4(14-6)15-7(9,10)11/h1H,13H2. The second-order valence-electron chi connectivity index (χ2n) is 2.37. The molecule has 15 heavy (non-hydrogen) atoms. The van der Waals surface area contributed by atoms with Gasteiger partial charge in [-0.15, -0.1) is 13.2 Å². The third-order valence-electron chi connectivity index (χ3n) is 1.33. The lowest BCUT2D eigenvalue weighted by molar-refractivity contribution is -0.276. The van der Waals surface area contributed by atoms with Gasteiger partial charge in [-0.05, 0) is 15.9 Å². The Bertz CT molecular complexity index is 427. The smallest absolute Gasteiger partial charge is 0.395 e. The number of nitrogens with zero attached hydrogens (tertiary/aromatic N) is 2. The van der Waals surface area contributed by atoms with Crippen LogP contribution in [0.25, 0.3) is 0 Å². The van der Waals surface area contributed by atoms with Crippen molar-refractivity contribution in [2.75, 3.05) is 5.73 Å². The average molecular weight is 282 g/mol. The summed E-state index contributed by atoms with van der Waals surface area (Å²) >= 11 is 2.81. The summed E-state index contributed by atoms with van der Waals surface area (Å²) in [5.74, 6) is -0.736. The molecule has 0 aliphatic carbocycles. The van der Waals surface area contributed by atoms with Crippen LogP contribution >= 0.6 is 15.9 Å². The van der Waals surface area contributed by atoms with Gasteiger partial charge < -0.3 is 10.5 Å². The van der Waals surface area contributed by atoms with Crippen LogP contribution in [-0.4, -0.2) is 11.3 Å². The van der Waals surface area contributed by atoms with Crippen molar-refractivity contribution in [3.05, 3.63) is 16.2 Å². The van der Waals surface area contributed by atoms with Crippen molar-refractivity contribution in [2.45, 2.75) is 6.36 Å². The van der Waals surface area contributed by atoms with Gasteiger partial charge in [0.15, 0.2) is 0 Å². The molecule has 1 aromatic rings. The zero-order chi connectivity index (χ0) is 11.6.